The van der Waals surface area contributed by atoms with E-state index in [4.69, 9.17) is 9.84 Å². The Labute approximate surface area is 266 Å². The number of carbonyl (C=O) groups excluding carboxylic acids is 5. The van der Waals surface area contributed by atoms with Crippen molar-refractivity contribution < 1.29 is 33.8 Å². The summed E-state index contributed by atoms with van der Waals surface area (Å²) in [5.74, 6) is -1.34. The molecular formula is C33H51N5O7. The first-order valence-electron chi connectivity index (χ1n) is 16.1. The van der Waals surface area contributed by atoms with Crippen molar-refractivity contribution in [3.8, 4) is 0 Å². The number of ketones is 1. The van der Waals surface area contributed by atoms with Gasteiger partial charge in [-0.2, -0.15) is 0 Å². The molecule has 0 saturated carbocycles. The Morgan fingerprint density at radius 2 is 1.44 bits per heavy atom. The van der Waals surface area contributed by atoms with E-state index >= 15 is 0 Å². The monoisotopic (exact) mass is 629 g/mol. The number of nitrogens with zero attached hydrogens (tertiary/aromatic N) is 1. The Kier molecular flexibility index (Phi) is 13.3. The highest BCUT2D eigenvalue weighted by atomic mass is 16.6. The molecule has 0 spiro atoms. The SMILES string of the molecule is CC(C)C[C@H](NC(=O)N1CCC(C(=O)NCCO)CC1)C(=O)N[C@@H](Cc1ccccc1)C(=O)N[C@@H](CC(C)C)C(=O)[C@@]1(C)CO1. The smallest absolute Gasteiger partial charge is 0.318 e. The molecule has 250 valence electrons. The highest BCUT2D eigenvalue weighted by Gasteiger charge is 2.50. The van der Waals surface area contributed by atoms with E-state index in [0.717, 1.165) is 5.56 Å². The molecule has 45 heavy (non-hydrogen) atoms. The lowest BCUT2D eigenvalue weighted by Gasteiger charge is -2.33. The summed E-state index contributed by atoms with van der Waals surface area (Å²) < 4.78 is 5.37. The lowest BCUT2D eigenvalue weighted by molar-refractivity contribution is -0.133. The zero-order chi connectivity index (χ0) is 33.1. The number of carbonyl (C=O) groups is 5. The van der Waals surface area contributed by atoms with Crippen LogP contribution in [0.4, 0.5) is 4.79 Å². The summed E-state index contributed by atoms with van der Waals surface area (Å²) in [5, 5.41) is 20.3. The van der Waals surface area contributed by atoms with E-state index in [1.54, 1.807) is 11.8 Å². The molecule has 1 aromatic rings. The van der Waals surface area contributed by atoms with Crippen LogP contribution in [-0.4, -0.2) is 96.1 Å². The van der Waals surface area contributed by atoms with Crippen LogP contribution >= 0.6 is 0 Å². The van der Waals surface area contributed by atoms with Gasteiger partial charge in [0.2, 0.25) is 17.7 Å². The van der Waals surface area contributed by atoms with Gasteiger partial charge in [-0.25, -0.2) is 4.79 Å². The summed E-state index contributed by atoms with van der Waals surface area (Å²) in [4.78, 5) is 67.8. The highest BCUT2D eigenvalue weighted by Crippen LogP contribution is 2.29. The summed E-state index contributed by atoms with van der Waals surface area (Å²) >= 11 is 0. The number of Topliss-reactive ketones (excluding diaryl/α,β-unsaturated/α-hetero) is 1. The molecule has 3 rings (SSSR count). The molecule has 2 heterocycles. The van der Waals surface area contributed by atoms with E-state index in [2.05, 4.69) is 21.3 Å². The molecule has 0 aromatic heterocycles. The number of piperidine rings is 1. The Balaban J connectivity index is 1.71. The van der Waals surface area contributed by atoms with Crippen molar-refractivity contribution >= 4 is 29.5 Å². The van der Waals surface area contributed by atoms with E-state index in [-0.39, 0.29) is 49.0 Å². The van der Waals surface area contributed by atoms with Crippen LogP contribution in [0.1, 0.15) is 65.9 Å². The first kappa shape index (κ1) is 36.0. The third kappa shape index (κ3) is 11.1. The van der Waals surface area contributed by atoms with Crippen molar-refractivity contribution in [1.29, 1.82) is 0 Å². The average Bonchev–Trinajstić information content (AvgIpc) is 3.76. The second-order valence-corrected chi connectivity index (χ2v) is 13.2. The Bertz CT molecular complexity index is 1160. The number of ether oxygens (including phenoxy) is 1. The van der Waals surface area contributed by atoms with Crippen LogP contribution in [0, 0.1) is 17.8 Å². The van der Waals surface area contributed by atoms with Gasteiger partial charge < -0.3 is 36.0 Å². The van der Waals surface area contributed by atoms with Crippen LogP contribution in [0.2, 0.25) is 0 Å². The van der Waals surface area contributed by atoms with Gasteiger partial charge in [-0.1, -0.05) is 58.0 Å². The predicted octanol–water partition coefficient (Wildman–Crippen LogP) is 1.55. The van der Waals surface area contributed by atoms with Gasteiger partial charge in [-0.15, -0.1) is 0 Å². The normalized spacial score (nSPS) is 20.2. The van der Waals surface area contributed by atoms with Gasteiger partial charge in [0.15, 0.2) is 5.78 Å². The lowest BCUT2D eigenvalue weighted by Crippen LogP contribution is -2.58. The molecular weight excluding hydrogens is 578 g/mol. The number of urea groups is 1. The molecule has 2 saturated heterocycles. The number of hydrogen-bond acceptors (Lipinski definition) is 7. The van der Waals surface area contributed by atoms with E-state index < -0.39 is 41.6 Å². The van der Waals surface area contributed by atoms with Gasteiger partial charge in [-0.05, 0) is 50.0 Å². The minimum Gasteiger partial charge on any atom is -0.395 e. The van der Waals surface area contributed by atoms with Crippen molar-refractivity contribution in [2.45, 2.75) is 90.4 Å². The van der Waals surface area contributed by atoms with Gasteiger partial charge >= 0.3 is 6.03 Å². The quantitative estimate of drug-likeness (QED) is 0.173. The molecule has 12 heteroatoms. The van der Waals surface area contributed by atoms with Crippen molar-refractivity contribution in [3.63, 3.8) is 0 Å². The van der Waals surface area contributed by atoms with E-state index in [1.807, 2.05) is 58.0 Å². The Morgan fingerprint density at radius 1 is 0.889 bits per heavy atom. The van der Waals surface area contributed by atoms with Crippen LogP contribution in [0.15, 0.2) is 30.3 Å². The lowest BCUT2D eigenvalue weighted by atomic mass is 9.93. The largest absolute Gasteiger partial charge is 0.395 e. The van der Waals surface area contributed by atoms with Gasteiger partial charge in [0, 0.05) is 32.0 Å². The minimum absolute atomic E-state index is 0.0655. The third-order valence-electron chi connectivity index (χ3n) is 8.24. The molecule has 2 aliphatic heterocycles. The zero-order valence-corrected chi connectivity index (χ0v) is 27.3. The van der Waals surface area contributed by atoms with Crippen LogP contribution in [0.5, 0.6) is 0 Å². The van der Waals surface area contributed by atoms with E-state index in [9.17, 15) is 24.0 Å². The van der Waals surface area contributed by atoms with Crippen molar-refractivity contribution in [3.05, 3.63) is 35.9 Å². The average molecular weight is 630 g/mol. The molecule has 4 atom stereocenters. The van der Waals surface area contributed by atoms with Crippen LogP contribution in [0.3, 0.4) is 0 Å². The summed E-state index contributed by atoms with van der Waals surface area (Å²) in [5.41, 5.74) is -0.0764. The summed E-state index contributed by atoms with van der Waals surface area (Å²) in [6.45, 7) is 10.6. The Morgan fingerprint density at radius 3 is 2.00 bits per heavy atom. The highest BCUT2D eigenvalue weighted by molar-refractivity contribution is 5.98. The molecule has 0 radical (unpaired) electrons. The number of likely N-dealkylation sites (tertiary alicyclic amines) is 1. The van der Waals surface area contributed by atoms with Gasteiger partial charge in [0.05, 0.1) is 19.3 Å². The van der Waals surface area contributed by atoms with Gasteiger partial charge in [0.1, 0.15) is 17.7 Å². The van der Waals surface area contributed by atoms with Crippen LogP contribution in [0.25, 0.3) is 0 Å². The predicted molar refractivity (Wildman–Crippen MR) is 169 cm³/mol. The number of epoxide rings is 1. The molecule has 0 bridgehead atoms. The first-order valence-corrected chi connectivity index (χ1v) is 16.1. The first-order chi connectivity index (χ1) is 21.3. The number of hydrogen-bond donors (Lipinski definition) is 5. The third-order valence-corrected chi connectivity index (χ3v) is 8.24. The zero-order valence-electron chi connectivity index (χ0n) is 27.3. The van der Waals surface area contributed by atoms with Crippen molar-refractivity contribution in [1.82, 2.24) is 26.2 Å². The maximum Gasteiger partial charge on any atom is 0.318 e. The van der Waals surface area contributed by atoms with Crippen LogP contribution < -0.4 is 21.3 Å². The van der Waals surface area contributed by atoms with Gasteiger partial charge in [0.25, 0.3) is 0 Å². The molecule has 2 fully saturated rings. The molecule has 1 aromatic carbocycles. The van der Waals surface area contributed by atoms with Gasteiger partial charge in [-0.3, -0.25) is 19.2 Å². The summed E-state index contributed by atoms with van der Waals surface area (Å²) in [6.07, 6.45) is 1.93. The number of nitrogens with one attached hydrogen (secondary N) is 4. The van der Waals surface area contributed by atoms with Crippen molar-refractivity contribution in [2.75, 3.05) is 32.8 Å². The fourth-order valence-corrected chi connectivity index (χ4v) is 5.54. The maximum atomic E-state index is 13.7. The summed E-state index contributed by atoms with van der Waals surface area (Å²) in [7, 11) is 0. The number of rotatable bonds is 16. The molecule has 5 amide bonds. The molecule has 0 aliphatic carbocycles. The van der Waals surface area contributed by atoms with E-state index in [0.29, 0.717) is 45.4 Å². The minimum atomic E-state index is -0.991. The second-order valence-electron chi connectivity index (χ2n) is 13.2. The topological polar surface area (TPSA) is 169 Å². The number of amides is 5. The molecule has 0 unspecified atom stereocenters. The fourth-order valence-electron chi connectivity index (χ4n) is 5.54. The second kappa shape index (κ2) is 16.7. The number of aliphatic hydroxyl groups is 1. The molecule has 5 N–H and O–H groups in total. The maximum absolute atomic E-state index is 13.7. The van der Waals surface area contributed by atoms with E-state index in [1.165, 1.54) is 0 Å². The molecule has 12 nitrogen and oxygen atoms in total. The van der Waals surface area contributed by atoms with Crippen molar-refractivity contribution in [2.24, 2.45) is 17.8 Å². The number of benzene rings is 1. The Hall–Kier alpha value is -3.51. The number of aliphatic hydroxyl groups excluding tert-OH is 1. The van der Waals surface area contributed by atoms with Crippen LogP contribution in [-0.2, 0) is 30.3 Å². The summed E-state index contributed by atoms with van der Waals surface area (Å²) in [6, 6.07) is 6.23. The molecule has 2 aliphatic rings. The fraction of sp³-hybridized carbons (Fsp3) is 0.667. The standard InChI is InChI=1S/C33H51N5O7/c1-21(2)17-25(28(40)33(5)20-45-33)35-31(43)27(19-23-9-7-6-8-10-23)36-30(42)26(18-22(3)4)37-32(44)38-14-11-24(12-15-38)29(41)34-13-16-39/h6-10,21-22,24-27,39H,11-20H2,1-5H3,(H,34,41)(H,35,43)(H,36,42)(H,37,44)/t25-,26-,27-,33+/m0/s1.